The van der Waals surface area contributed by atoms with Gasteiger partial charge in [0.2, 0.25) is 5.91 Å². The van der Waals surface area contributed by atoms with Crippen LogP contribution in [0.1, 0.15) is 17.5 Å². The van der Waals surface area contributed by atoms with Gasteiger partial charge in [-0.25, -0.2) is 0 Å². The zero-order chi connectivity index (χ0) is 23.0. The summed E-state index contributed by atoms with van der Waals surface area (Å²) in [6.45, 7) is 4.11. The van der Waals surface area contributed by atoms with E-state index in [4.69, 9.17) is 10.5 Å². The monoisotopic (exact) mass is 466 g/mol. The number of morpholine rings is 1. The second-order valence-electron chi connectivity index (χ2n) is 8.17. The van der Waals surface area contributed by atoms with Crippen LogP contribution in [0.3, 0.4) is 0 Å². The topological polar surface area (TPSA) is 87.9 Å². The molecule has 1 unspecified atom stereocenters. The average molecular weight is 467 g/mol. The van der Waals surface area contributed by atoms with Gasteiger partial charge in [-0.3, -0.25) is 14.5 Å². The van der Waals surface area contributed by atoms with Crippen molar-refractivity contribution in [2.45, 2.75) is 24.9 Å². The molecule has 2 aromatic carbocycles. The number of carbonyl (C=O) groups is 2. The molecule has 0 aliphatic carbocycles. The van der Waals surface area contributed by atoms with Gasteiger partial charge in [0.1, 0.15) is 0 Å². The van der Waals surface area contributed by atoms with Crippen LogP contribution < -0.4 is 11.1 Å². The quantitative estimate of drug-likeness (QED) is 0.590. The second-order valence-corrected chi connectivity index (χ2v) is 9.26. The van der Waals surface area contributed by atoms with Crippen LogP contribution in [0.4, 0.5) is 0 Å². The van der Waals surface area contributed by atoms with Gasteiger partial charge in [-0.05, 0) is 17.5 Å². The third-order valence-electron chi connectivity index (χ3n) is 5.79. The lowest BCUT2D eigenvalue weighted by Gasteiger charge is -2.33. The Bertz CT molecular complexity index is 978. The van der Waals surface area contributed by atoms with Gasteiger partial charge in [0, 0.05) is 38.3 Å². The van der Waals surface area contributed by atoms with Crippen LogP contribution in [-0.4, -0.2) is 60.0 Å². The molecule has 0 saturated carbocycles. The standard InChI is InChI=1S/C25H30N4O3S/c26-24(31)23-21(18-28-13-15-32-16-14-28)29(17-20-9-5-2-6-10-20)25(33-23)27-22(30)12-11-19-7-3-1-4-8-19/h1-10,25H,11-18H2,(H2,26,31)(H,27,30). The summed E-state index contributed by atoms with van der Waals surface area (Å²) in [5.41, 5.74) is 8.49. The molecule has 0 spiro atoms. The predicted octanol–water partition coefficient (Wildman–Crippen LogP) is 2.30. The molecule has 3 N–H and O–H groups in total. The molecule has 2 aliphatic heterocycles. The average Bonchev–Trinajstić information content (AvgIpc) is 3.16. The van der Waals surface area contributed by atoms with E-state index in [1.165, 1.54) is 11.8 Å². The Labute approximate surface area is 199 Å². The van der Waals surface area contributed by atoms with Gasteiger partial charge < -0.3 is 20.7 Å². The highest BCUT2D eigenvalue weighted by Crippen LogP contribution is 2.38. The van der Waals surface area contributed by atoms with Gasteiger partial charge in [-0.15, -0.1) is 0 Å². The highest BCUT2D eigenvalue weighted by atomic mass is 32.2. The molecule has 2 amide bonds. The van der Waals surface area contributed by atoms with Crippen LogP contribution in [0.15, 0.2) is 71.3 Å². The number of aryl methyl sites for hydroxylation is 1. The molecule has 0 aromatic heterocycles. The van der Waals surface area contributed by atoms with Gasteiger partial charge in [0.25, 0.3) is 5.91 Å². The van der Waals surface area contributed by atoms with E-state index in [1.54, 1.807) is 0 Å². The molecule has 1 atom stereocenters. The number of nitrogens with zero attached hydrogens (tertiary/aromatic N) is 2. The van der Waals surface area contributed by atoms with Crippen molar-refractivity contribution in [3.05, 3.63) is 82.4 Å². The summed E-state index contributed by atoms with van der Waals surface area (Å²) in [4.78, 5) is 30.1. The van der Waals surface area contributed by atoms with Crippen LogP contribution in [-0.2, 0) is 27.3 Å². The number of primary amides is 1. The highest BCUT2D eigenvalue weighted by molar-refractivity contribution is 8.04. The van der Waals surface area contributed by atoms with Crippen molar-refractivity contribution in [2.75, 3.05) is 32.8 Å². The molecule has 2 aliphatic rings. The molecule has 33 heavy (non-hydrogen) atoms. The molecule has 7 nitrogen and oxygen atoms in total. The molecule has 0 bridgehead atoms. The lowest BCUT2D eigenvalue weighted by Crippen LogP contribution is -2.45. The Kier molecular flexibility index (Phi) is 8.04. The zero-order valence-electron chi connectivity index (χ0n) is 18.6. The van der Waals surface area contributed by atoms with Gasteiger partial charge in [0.15, 0.2) is 5.50 Å². The molecule has 2 aromatic rings. The zero-order valence-corrected chi connectivity index (χ0v) is 19.4. The molecule has 1 saturated heterocycles. The molecule has 174 valence electrons. The van der Waals surface area contributed by atoms with Crippen LogP contribution in [0.5, 0.6) is 0 Å². The molecular formula is C25H30N4O3S. The van der Waals surface area contributed by atoms with E-state index >= 15 is 0 Å². The maximum Gasteiger partial charge on any atom is 0.257 e. The van der Waals surface area contributed by atoms with Gasteiger partial charge >= 0.3 is 0 Å². The van der Waals surface area contributed by atoms with Gasteiger partial charge in [-0.2, -0.15) is 0 Å². The van der Waals surface area contributed by atoms with E-state index in [0.29, 0.717) is 44.1 Å². The first-order valence-electron chi connectivity index (χ1n) is 11.2. The normalized spacial score (nSPS) is 19.0. The smallest absolute Gasteiger partial charge is 0.257 e. The Morgan fingerprint density at radius 2 is 1.61 bits per heavy atom. The first-order chi connectivity index (χ1) is 16.1. The van der Waals surface area contributed by atoms with Crippen molar-refractivity contribution in [1.29, 1.82) is 0 Å². The molecule has 8 heteroatoms. The van der Waals surface area contributed by atoms with Crippen molar-refractivity contribution < 1.29 is 14.3 Å². The summed E-state index contributed by atoms with van der Waals surface area (Å²) >= 11 is 1.33. The summed E-state index contributed by atoms with van der Waals surface area (Å²) < 4.78 is 5.47. The lowest BCUT2D eigenvalue weighted by molar-refractivity contribution is -0.122. The number of thioether (sulfide) groups is 1. The minimum Gasteiger partial charge on any atom is -0.379 e. The number of benzene rings is 2. The van der Waals surface area contributed by atoms with Gasteiger partial charge in [0.05, 0.1) is 18.1 Å². The first kappa shape index (κ1) is 23.4. The second kappa shape index (κ2) is 11.4. The van der Waals surface area contributed by atoms with E-state index in [9.17, 15) is 9.59 Å². The maximum atomic E-state index is 12.8. The fraction of sp³-hybridized carbons (Fsp3) is 0.360. The number of nitrogens with two attached hydrogens (primary N) is 1. The number of hydrogen-bond donors (Lipinski definition) is 2. The van der Waals surface area contributed by atoms with E-state index in [2.05, 4.69) is 15.1 Å². The summed E-state index contributed by atoms with van der Waals surface area (Å²) in [5.74, 6) is -0.506. The molecule has 0 radical (unpaired) electrons. The number of rotatable bonds is 9. The minimum absolute atomic E-state index is 0.0501. The van der Waals surface area contributed by atoms with Crippen molar-refractivity contribution >= 4 is 23.6 Å². The number of nitrogens with one attached hydrogen (secondary N) is 1. The lowest BCUT2D eigenvalue weighted by atomic mass is 10.1. The Morgan fingerprint density at radius 1 is 0.970 bits per heavy atom. The van der Waals surface area contributed by atoms with E-state index in [1.807, 2.05) is 60.7 Å². The van der Waals surface area contributed by atoms with Crippen molar-refractivity contribution in [3.63, 3.8) is 0 Å². The fourth-order valence-corrected chi connectivity index (χ4v) is 5.20. The summed E-state index contributed by atoms with van der Waals surface area (Å²) in [6.07, 6.45) is 1.05. The Balaban J connectivity index is 1.50. The number of amides is 2. The van der Waals surface area contributed by atoms with Crippen LogP contribution in [0.25, 0.3) is 0 Å². The van der Waals surface area contributed by atoms with Crippen LogP contribution >= 0.6 is 11.8 Å². The Hall–Kier alpha value is -2.81. The minimum atomic E-state index is -0.456. The van der Waals surface area contributed by atoms with Crippen molar-refractivity contribution in [3.8, 4) is 0 Å². The number of ether oxygens (including phenoxy) is 1. The van der Waals surface area contributed by atoms with Crippen molar-refractivity contribution in [1.82, 2.24) is 15.1 Å². The molecular weight excluding hydrogens is 436 g/mol. The largest absolute Gasteiger partial charge is 0.379 e. The Morgan fingerprint density at radius 3 is 2.24 bits per heavy atom. The SMILES string of the molecule is NC(=O)C1=C(CN2CCOCC2)N(Cc2ccccc2)C(NC(=O)CCc2ccccc2)S1. The highest BCUT2D eigenvalue weighted by Gasteiger charge is 2.36. The van der Waals surface area contributed by atoms with Gasteiger partial charge in [-0.1, -0.05) is 72.4 Å². The third-order valence-corrected chi connectivity index (χ3v) is 7.05. The van der Waals surface area contributed by atoms with Crippen molar-refractivity contribution in [2.24, 2.45) is 5.73 Å². The van der Waals surface area contributed by atoms with Crippen LogP contribution in [0, 0.1) is 0 Å². The summed E-state index contributed by atoms with van der Waals surface area (Å²) in [5, 5.41) is 3.13. The summed E-state index contributed by atoms with van der Waals surface area (Å²) in [7, 11) is 0. The first-order valence-corrected chi connectivity index (χ1v) is 12.1. The fourth-order valence-electron chi connectivity index (χ4n) is 4.03. The predicted molar refractivity (Wildman–Crippen MR) is 130 cm³/mol. The molecule has 1 fully saturated rings. The summed E-state index contributed by atoms with van der Waals surface area (Å²) in [6, 6.07) is 20.0. The molecule has 2 heterocycles. The van der Waals surface area contributed by atoms with E-state index in [0.717, 1.165) is 29.9 Å². The number of hydrogen-bond acceptors (Lipinski definition) is 6. The third kappa shape index (κ3) is 6.37. The van der Waals surface area contributed by atoms with E-state index < -0.39 is 5.91 Å². The van der Waals surface area contributed by atoms with Crippen LogP contribution in [0.2, 0.25) is 0 Å². The number of carbonyl (C=O) groups excluding carboxylic acids is 2. The molecule has 4 rings (SSSR count). The van der Waals surface area contributed by atoms with E-state index in [-0.39, 0.29) is 11.4 Å². The maximum absolute atomic E-state index is 12.8.